The molecule has 0 spiro atoms. The van der Waals surface area contributed by atoms with Gasteiger partial charge >= 0.3 is 0 Å². The summed E-state index contributed by atoms with van der Waals surface area (Å²) in [6.45, 7) is 2.22. The van der Waals surface area contributed by atoms with E-state index in [2.05, 4.69) is 20.8 Å². The van der Waals surface area contributed by atoms with Gasteiger partial charge in [0, 0.05) is 0 Å². The molecule has 0 saturated carbocycles. The van der Waals surface area contributed by atoms with E-state index in [0.29, 0.717) is 0 Å². The van der Waals surface area contributed by atoms with Gasteiger partial charge in [0.1, 0.15) is 0 Å². The van der Waals surface area contributed by atoms with E-state index in [4.69, 9.17) is 0 Å². The van der Waals surface area contributed by atoms with Crippen LogP contribution in [0, 0.1) is 5.92 Å². The first kappa shape index (κ1) is 7.99. The highest BCUT2D eigenvalue weighted by Crippen LogP contribution is 2.35. The second-order valence-corrected chi connectivity index (χ2v) is 4.49. The van der Waals surface area contributed by atoms with Crippen LogP contribution in [0.25, 0.3) is 0 Å². The van der Waals surface area contributed by atoms with Gasteiger partial charge in [-0.2, -0.15) is 0 Å². The van der Waals surface area contributed by atoms with Gasteiger partial charge in [-0.05, 0) is 54.2 Å². The number of rotatable bonds is 1. The fourth-order valence-electron chi connectivity index (χ4n) is 2.27. The quantitative estimate of drug-likeness (QED) is 0.614. The highest BCUT2D eigenvalue weighted by molar-refractivity contribution is 9.09. The molecule has 3 rings (SSSR count). The number of hydrogen-bond donors (Lipinski definition) is 0. The van der Waals surface area contributed by atoms with Crippen molar-refractivity contribution in [3.05, 3.63) is 0 Å². The molecule has 3 fully saturated rings. The summed E-state index contributed by atoms with van der Waals surface area (Å²) in [4.78, 5) is 2.28. The molecule has 1 nitrogen and oxygen atoms in total. The molecular formula is C8H13BrFN. The zero-order chi connectivity index (χ0) is 7.84. The number of piperidine rings is 3. The summed E-state index contributed by atoms with van der Waals surface area (Å²) in [5, 5.41) is -0.814. The van der Waals surface area contributed by atoms with Gasteiger partial charge in [-0.25, -0.2) is 4.39 Å². The summed E-state index contributed by atoms with van der Waals surface area (Å²) in [6.07, 6.45) is 3.64. The van der Waals surface area contributed by atoms with Crippen molar-refractivity contribution in [3.8, 4) is 0 Å². The van der Waals surface area contributed by atoms with E-state index in [1.54, 1.807) is 0 Å². The monoisotopic (exact) mass is 221 g/mol. The van der Waals surface area contributed by atoms with Crippen molar-refractivity contribution in [2.24, 2.45) is 5.92 Å². The Labute approximate surface area is 75.1 Å². The SMILES string of the molecule is FC(Br)C1CC2CCN1CC2. The van der Waals surface area contributed by atoms with Crippen LogP contribution in [-0.4, -0.2) is 29.1 Å². The molecule has 3 heterocycles. The van der Waals surface area contributed by atoms with Gasteiger partial charge in [0.2, 0.25) is 0 Å². The molecule has 2 bridgehead atoms. The minimum atomic E-state index is -0.814. The fourth-order valence-corrected chi connectivity index (χ4v) is 2.82. The summed E-state index contributed by atoms with van der Waals surface area (Å²) in [5.74, 6) is 0.806. The maximum Gasteiger partial charge on any atom is 0.170 e. The van der Waals surface area contributed by atoms with Crippen LogP contribution < -0.4 is 0 Å². The standard InChI is InChI=1S/C8H13BrFN/c9-8(10)7-5-6-1-3-11(7)4-2-6/h6-8H,1-5H2. The number of fused-ring (bicyclic) bond motifs is 3. The van der Waals surface area contributed by atoms with E-state index in [1.165, 1.54) is 12.8 Å². The number of nitrogens with zero attached hydrogens (tertiary/aromatic N) is 1. The van der Waals surface area contributed by atoms with E-state index in [9.17, 15) is 4.39 Å². The third-order valence-corrected chi connectivity index (χ3v) is 3.59. The molecule has 3 aliphatic heterocycles. The average molecular weight is 222 g/mol. The molecule has 0 aliphatic carbocycles. The van der Waals surface area contributed by atoms with Gasteiger partial charge < -0.3 is 0 Å². The molecule has 3 heteroatoms. The van der Waals surface area contributed by atoms with Crippen LogP contribution in [0.4, 0.5) is 4.39 Å². The second-order valence-electron chi connectivity index (χ2n) is 3.62. The lowest BCUT2D eigenvalue weighted by Gasteiger charge is -2.45. The van der Waals surface area contributed by atoms with Crippen LogP contribution >= 0.6 is 15.9 Å². The minimum Gasteiger partial charge on any atom is -0.297 e. The van der Waals surface area contributed by atoms with E-state index >= 15 is 0 Å². The molecule has 11 heavy (non-hydrogen) atoms. The summed E-state index contributed by atoms with van der Waals surface area (Å²) >= 11 is 3.03. The van der Waals surface area contributed by atoms with Crippen LogP contribution in [0.15, 0.2) is 0 Å². The Hall–Kier alpha value is 0.370. The Kier molecular flexibility index (Phi) is 2.19. The van der Waals surface area contributed by atoms with E-state index in [-0.39, 0.29) is 6.04 Å². The molecule has 0 radical (unpaired) electrons. The predicted molar refractivity (Wildman–Crippen MR) is 46.5 cm³/mol. The van der Waals surface area contributed by atoms with Crippen LogP contribution in [0.2, 0.25) is 0 Å². The second kappa shape index (κ2) is 3.02. The minimum absolute atomic E-state index is 0.169. The topological polar surface area (TPSA) is 3.24 Å². The lowest BCUT2D eigenvalue weighted by Crippen LogP contribution is -2.51. The van der Waals surface area contributed by atoms with Gasteiger partial charge in [-0.15, -0.1) is 0 Å². The predicted octanol–water partition coefficient (Wildman–Crippen LogP) is 2.16. The van der Waals surface area contributed by atoms with Gasteiger partial charge in [0.05, 0.1) is 6.04 Å². The fraction of sp³-hybridized carbons (Fsp3) is 1.00. The van der Waals surface area contributed by atoms with Crippen LogP contribution in [-0.2, 0) is 0 Å². The lowest BCUT2D eigenvalue weighted by molar-refractivity contribution is 0.0296. The average Bonchev–Trinajstić information content (AvgIpc) is 2.06. The molecule has 0 aromatic rings. The summed E-state index contributed by atoms with van der Waals surface area (Å²) in [7, 11) is 0. The highest BCUT2D eigenvalue weighted by Gasteiger charge is 2.36. The molecule has 64 valence electrons. The molecule has 0 N–H and O–H groups in total. The summed E-state index contributed by atoms with van der Waals surface area (Å²) in [5.41, 5.74) is 0. The number of alkyl halides is 2. The Morgan fingerprint density at radius 2 is 2.00 bits per heavy atom. The Balaban J connectivity index is 2.03. The molecule has 0 aromatic heterocycles. The largest absolute Gasteiger partial charge is 0.297 e. The molecule has 3 saturated heterocycles. The zero-order valence-corrected chi connectivity index (χ0v) is 8.06. The van der Waals surface area contributed by atoms with Crippen molar-refractivity contribution in [3.63, 3.8) is 0 Å². The lowest BCUT2D eigenvalue weighted by atomic mass is 9.84. The molecule has 0 aromatic carbocycles. The van der Waals surface area contributed by atoms with E-state index in [0.717, 1.165) is 25.4 Å². The first-order chi connectivity index (χ1) is 5.27. The first-order valence-electron chi connectivity index (χ1n) is 4.29. The summed E-state index contributed by atoms with van der Waals surface area (Å²) in [6, 6.07) is 0.169. The summed E-state index contributed by atoms with van der Waals surface area (Å²) < 4.78 is 12.9. The molecule has 2 atom stereocenters. The molecule has 3 aliphatic rings. The Morgan fingerprint density at radius 3 is 2.27 bits per heavy atom. The smallest absolute Gasteiger partial charge is 0.170 e. The van der Waals surface area contributed by atoms with Gasteiger partial charge in [0.15, 0.2) is 5.08 Å². The normalized spacial score (nSPS) is 45.8. The number of halogens is 2. The molecule has 2 unspecified atom stereocenters. The molecule has 0 amide bonds. The van der Waals surface area contributed by atoms with Gasteiger partial charge in [-0.3, -0.25) is 4.90 Å². The van der Waals surface area contributed by atoms with Crippen LogP contribution in [0.5, 0.6) is 0 Å². The maximum absolute atomic E-state index is 12.9. The third-order valence-electron chi connectivity index (χ3n) is 2.98. The van der Waals surface area contributed by atoms with Crippen molar-refractivity contribution in [1.82, 2.24) is 4.90 Å². The van der Waals surface area contributed by atoms with Crippen molar-refractivity contribution in [2.75, 3.05) is 13.1 Å². The first-order valence-corrected chi connectivity index (χ1v) is 5.21. The Morgan fingerprint density at radius 1 is 1.36 bits per heavy atom. The maximum atomic E-state index is 12.9. The van der Waals surface area contributed by atoms with E-state index < -0.39 is 5.08 Å². The van der Waals surface area contributed by atoms with Gasteiger partial charge in [0.25, 0.3) is 0 Å². The van der Waals surface area contributed by atoms with Crippen LogP contribution in [0.3, 0.4) is 0 Å². The molecular weight excluding hydrogens is 209 g/mol. The van der Waals surface area contributed by atoms with Crippen LogP contribution in [0.1, 0.15) is 19.3 Å². The van der Waals surface area contributed by atoms with Crippen molar-refractivity contribution in [1.29, 1.82) is 0 Å². The van der Waals surface area contributed by atoms with Gasteiger partial charge in [-0.1, -0.05) is 0 Å². The van der Waals surface area contributed by atoms with Crippen molar-refractivity contribution < 1.29 is 4.39 Å². The van der Waals surface area contributed by atoms with Crippen molar-refractivity contribution in [2.45, 2.75) is 30.4 Å². The van der Waals surface area contributed by atoms with E-state index in [1.807, 2.05) is 0 Å². The highest BCUT2D eigenvalue weighted by atomic mass is 79.9. The third kappa shape index (κ3) is 1.45. The van der Waals surface area contributed by atoms with Crippen molar-refractivity contribution >= 4 is 15.9 Å². The number of hydrogen-bond acceptors (Lipinski definition) is 1. The zero-order valence-electron chi connectivity index (χ0n) is 6.47. The Bertz CT molecular complexity index is 143.